The van der Waals surface area contributed by atoms with E-state index in [0.29, 0.717) is 6.42 Å². The Bertz CT molecular complexity index is 297. The van der Waals surface area contributed by atoms with Crippen LogP contribution >= 0.6 is 11.8 Å². The van der Waals surface area contributed by atoms with E-state index in [1.54, 1.807) is 0 Å². The summed E-state index contributed by atoms with van der Waals surface area (Å²) in [7, 11) is 0. The van der Waals surface area contributed by atoms with Gasteiger partial charge in [-0.05, 0) is 18.1 Å². The van der Waals surface area contributed by atoms with Crippen molar-refractivity contribution in [2.24, 2.45) is 0 Å². The van der Waals surface area contributed by atoms with E-state index >= 15 is 0 Å². The summed E-state index contributed by atoms with van der Waals surface area (Å²) in [4.78, 5) is 11.6. The van der Waals surface area contributed by atoms with Gasteiger partial charge < -0.3 is 9.90 Å². The van der Waals surface area contributed by atoms with Gasteiger partial charge in [0.1, 0.15) is 0 Å². The maximum absolute atomic E-state index is 10.5. The van der Waals surface area contributed by atoms with Crippen LogP contribution in [0, 0.1) is 0 Å². The number of carboxylic acids is 1. The van der Waals surface area contributed by atoms with E-state index in [4.69, 9.17) is 0 Å². The number of carbonyl (C=O) groups is 1. The molecule has 3 heteroatoms. The fraction of sp³-hybridized carbons (Fsp3) is 0.222. The Morgan fingerprint density at radius 1 is 1.50 bits per heavy atom. The average Bonchev–Trinajstić information content (AvgIpc) is 2.46. The molecule has 2 rings (SSSR count). The summed E-state index contributed by atoms with van der Waals surface area (Å²) in [5.41, 5.74) is 1.12. The summed E-state index contributed by atoms with van der Waals surface area (Å²) in [5.74, 6) is -0.962. The molecule has 1 unspecified atom stereocenters. The molecule has 0 saturated heterocycles. The van der Waals surface area contributed by atoms with Gasteiger partial charge in [-0.3, -0.25) is 0 Å². The van der Waals surface area contributed by atoms with E-state index in [1.807, 2.05) is 24.3 Å². The van der Waals surface area contributed by atoms with Gasteiger partial charge in [-0.2, -0.15) is 0 Å². The molecule has 0 spiro atoms. The Morgan fingerprint density at radius 3 is 2.92 bits per heavy atom. The van der Waals surface area contributed by atoms with Crippen molar-refractivity contribution in [1.82, 2.24) is 0 Å². The molecule has 0 bridgehead atoms. The Balaban J connectivity index is 2.27. The molecular formula is C9H7O2S-. The summed E-state index contributed by atoms with van der Waals surface area (Å²) in [5, 5.41) is 10.2. The monoisotopic (exact) mass is 179 g/mol. The lowest BCUT2D eigenvalue weighted by atomic mass is 10.1. The number of benzene rings is 1. The Kier molecular flexibility index (Phi) is 1.81. The zero-order valence-corrected chi connectivity index (χ0v) is 7.14. The quantitative estimate of drug-likeness (QED) is 0.628. The molecule has 0 aromatic heterocycles. The van der Waals surface area contributed by atoms with E-state index in [-0.39, 0.29) is 5.25 Å². The molecule has 1 aliphatic rings. The fourth-order valence-corrected chi connectivity index (χ4v) is 2.44. The van der Waals surface area contributed by atoms with Gasteiger partial charge in [0.2, 0.25) is 0 Å². The summed E-state index contributed by atoms with van der Waals surface area (Å²) in [6.07, 6.45) is 0.600. The minimum atomic E-state index is -0.962. The number of aliphatic carboxylic acids is 1. The van der Waals surface area contributed by atoms with Crippen molar-refractivity contribution in [2.75, 3.05) is 0 Å². The Labute approximate surface area is 74.6 Å². The van der Waals surface area contributed by atoms with Gasteiger partial charge in [0.25, 0.3) is 0 Å². The molecule has 0 amide bonds. The van der Waals surface area contributed by atoms with Crippen LogP contribution < -0.4 is 5.11 Å². The second kappa shape index (κ2) is 2.83. The van der Waals surface area contributed by atoms with E-state index in [9.17, 15) is 9.90 Å². The van der Waals surface area contributed by atoms with Crippen LogP contribution in [0.5, 0.6) is 0 Å². The molecule has 0 saturated carbocycles. The first-order chi connectivity index (χ1) is 5.77. The lowest BCUT2D eigenvalue weighted by Crippen LogP contribution is -2.33. The second-order valence-electron chi connectivity index (χ2n) is 2.74. The highest BCUT2D eigenvalue weighted by Gasteiger charge is 2.21. The first-order valence-corrected chi connectivity index (χ1v) is 4.61. The minimum absolute atomic E-state index is 0.387. The largest absolute Gasteiger partial charge is 0.549 e. The SMILES string of the molecule is O=C([O-])C1Cc2ccccc2S1. The van der Waals surface area contributed by atoms with E-state index in [0.717, 1.165) is 10.5 Å². The third kappa shape index (κ3) is 1.20. The lowest BCUT2D eigenvalue weighted by molar-refractivity contribution is -0.304. The number of fused-ring (bicyclic) bond motifs is 1. The van der Waals surface area contributed by atoms with Crippen LogP contribution in [0.2, 0.25) is 0 Å². The smallest absolute Gasteiger partial charge is 0.0551 e. The van der Waals surface area contributed by atoms with Gasteiger partial charge >= 0.3 is 0 Å². The van der Waals surface area contributed by atoms with Crippen molar-refractivity contribution in [1.29, 1.82) is 0 Å². The van der Waals surface area contributed by atoms with Gasteiger partial charge in [-0.1, -0.05) is 18.2 Å². The zero-order valence-electron chi connectivity index (χ0n) is 6.32. The fourth-order valence-electron chi connectivity index (χ4n) is 1.31. The van der Waals surface area contributed by atoms with Crippen molar-refractivity contribution in [3.8, 4) is 0 Å². The van der Waals surface area contributed by atoms with Crippen LogP contribution in [0.4, 0.5) is 0 Å². The van der Waals surface area contributed by atoms with Crippen molar-refractivity contribution in [3.63, 3.8) is 0 Å². The molecule has 1 heterocycles. The molecule has 0 aliphatic carbocycles. The summed E-state index contributed by atoms with van der Waals surface area (Å²) in [6.45, 7) is 0. The molecule has 1 aliphatic heterocycles. The minimum Gasteiger partial charge on any atom is -0.549 e. The van der Waals surface area contributed by atoms with Gasteiger partial charge in [0.15, 0.2) is 0 Å². The first kappa shape index (κ1) is 7.68. The van der Waals surface area contributed by atoms with Crippen LogP contribution in [-0.2, 0) is 11.2 Å². The maximum Gasteiger partial charge on any atom is 0.0551 e. The third-order valence-electron chi connectivity index (χ3n) is 1.91. The Hall–Kier alpha value is -0.960. The first-order valence-electron chi connectivity index (χ1n) is 3.73. The molecule has 1 aromatic rings. The number of carbonyl (C=O) groups excluding carboxylic acids is 1. The molecule has 1 atom stereocenters. The van der Waals surface area contributed by atoms with Crippen LogP contribution in [-0.4, -0.2) is 11.2 Å². The lowest BCUT2D eigenvalue weighted by Gasteiger charge is -2.07. The highest BCUT2D eigenvalue weighted by molar-refractivity contribution is 8.01. The van der Waals surface area contributed by atoms with E-state index in [2.05, 4.69) is 0 Å². The molecule has 12 heavy (non-hydrogen) atoms. The van der Waals surface area contributed by atoms with Crippen molar-refractivity contribution in [2.45, 2.75) is 16.6 Å². The van der Waals surface area contributed by atoms with E-state index < -0.39 is 5.97 Å². The summed E-state index contributed by atoms with van der Waals surface area (Å²) in [6, 6.07) is 7.76. The highest BCUT2D eigenvalue weighted by Crippen LogP contribution is 2.36. The van der Waals surface area contributed by atoms with Crippen LogP contribution in [0.1, 0.15) is 5.56 Å². The van der Waals surface area contributed by atoms with Gasteiger partial charge in [-0.15, -0.1) is 11.8 Å². The van der Waals surface area contributed by atoms with Crippen molar-refractivity contribution < 1.29 is 9.90 Å². The van der Waals surface area contributed by atoms with Gasteiger partial charge in [0.05, 0.1) is 11.2 Å². The number of hydrogen-bond acceptors (Lipinski definition) is 3. The molecule has 0 radical (unpaired) electrons. The van der Waals surface area contributed by atoms with Crippen molar-refractivity contribution in [3.05, 3.63) is 29.8 Å². The number of hydrogen-bond donors (Lipinski definition) is 0. The molecular weight excluding hydrogens is 172 g/mol. The molecule has 0 N–H and O–H groups in total. The molecule has 1 aromatic carbocycles. The average molecular weight is 179 g/mol. The van der Waals surface area contributed by atoms with Crippen LogP contribution in [0.15, 0.2) is 29.2 Å². The topological polar surface area (TPSA) is 40.1 Å². The molecule has 62 valence electrons. The van der Waals surface area contributed by atoms with E-state index in [1.165, 1.54) is 11.8 Å². The highest BCUT2D eigenvalue weighted by atomic mass is 32.2. The van der Waals surface area contributed by atoms with Crippen LogP contribution in [0.3, 0.4) is 0 Å². The molecule has 2 nitrogen and oxygen atoms in total. The number of rotatable bonds is 1. The standard InChI is InChI=1S/C9H8O2S/c10-9(11)8-5-6-3-1-2-4-7(6)12-8/h1-4,8H,5H2,(H,10,11)/p-1. The van der Waals surface area contributed by atoms with Crippen LogP contribution in [0.25, 0.3) is 0 Å². The number of thioether (sulfide) groups is 1. The number of carboxylic acid groups (broad SMARTS) is 1. The normalized spacial score (nSPS) is 20.5. The zero-order chi connectivity index (χ0) is 8.55. The summed E-state index contributed by atoms with van der Waals surface area (Å²) < 4.78 is 0. The maximum atomic E-state index is 10.5. The van der Waals surface area contributed by atoms with Gasteiger partial charge in [0, 0.05) is 4.90 Å². The predicted molar refractivity (Wildman–Crippen MR) is 44.8 cm³/mol. The predicted octanol–water partition coefficient (Wildman–Crippen LogP) is 0.453. The summed E-state index contributed by atoms with van der Waals surface area (Å²) >= 11 is 1.38. The second-order valence-corrected chi connectivity index (χ2v) is 3.98. The third-order valence-corrected chi connectivity index (χ3v) is 3.21. The van der Waals surface area contributed by atoms with Gasteiger partial charge in [-0.25, -0.2) is 0 Å². The Morgan fingerprint density at radius 2 is 2.25 bits per heavy atom. The van der Waals surface area contributed by atoms with Crippen molar-refractivity contribution >= 4 is 17.7 Å². The molecule has 0 fully saturated rings.